The summed E-state index contributed by atoms with van der Waals surface area (Å²) in [5.41, 5.74) is 3.52. The molecule has 0 spiro atoms. The number of hydrogen-bond donors (Lipinski definition) is 2. The smallest absolute Gasteiger partial charge is 0.254 e. The fourth-order valence-corrected chi connectivity index (χ4v) is 2.22. The van der Waals surface area contributed by atoms with Crippen LogP contribution in [0, 0.1) is 6.92 Å². The summed E-state index contributed by atoms with van der Waals surface area (Å²) in [6.45, 7) is 2.48. The first-order valence-electron chi connectivity index (χ1n) is 7.69. The molecule has 1 heterocycles. The van der Waals surface area contributed by atoms with E-state index in [1.807, 2.05) is 61.5 Å². The van der Waals surface area contributed by atoms with Crippen LogP contribution in [0.5, 0.6) is 0 Å². The molecule has 1 aromatic heterocycles. The highest BCUT2D eigenvalue weighted by atomic mass is 16.1. The van der Waals surface area contributed by atoms with E-state index < -0.39 is 0 Å². The average Bonchev–Trinajstić information content (AvgIpc) is 2.63. The molecule has 0 atom stereocenters. The number of amides is 1. The molecule has 5 nitrogen and oxygen atoms in total. The third-order valence-corrected chi connectivity index (χ3v) is 3.60. The highest BCUT2D eigenvalue weighted by Crippen LogP contribution is 2.16. The van der Waals surface area contributed by atoms with E-state index >= 15 is 0 Å². The zero-order valence-electron chi connectivity index (χ0n) is 13.4. The van der Waals surface area contributed by atoms with E-state index in [-0.39, 0.29) is 5.91 Å². The minimum absolute atomic E-state index is 0.193. The maximum atomic E-state index is 12.1. The molecule has 5 heteroatoms. The zero-order valence-corrected chi connectivity index (χ0v) is 13.4. The molecule has 1 amide bonds. The molecule has 2 N–H and O–H groups in total. The van der Waals surface area contributed by atoms with Crippen LogP contribution in [0.15, 0.2) is 67.0 Å². The second-order valence-electron chi connectivity index (χ2n) is 5.40. The second-order valence-corrected chi connectivity index (χ2v) is 5.40. The molecular formula is C19H18N4O. The Morgan fingerprint density at radius 2 is 1.62 bits per heavy atom. The van der Waals surface area contributed by atoms with Gasteiger partial charge in [-0.15, -0.1) is 0 Å². The van der Waals surface area contributed by atoms with E-state index in [9.17, 15) is 4.79 Å². The molecule has 0 bridgehead atoms. The quantitative estimate of drug-likeness (QED) is 0.756. The zero-order chi connectivity index (χ0) is 16.8. The normalized spacial score (nSPS) is 10.2. The molecule has 0 aliphatic heterocycles. The molecule has 0 saturated heterocycles. The molecule has 0 radical (unpaired) electrons. The Bertz CT molecular complexity index is 816. The van der Waals surface area contributed by atoms with Crippen molar-refractivity contribution in [3.8, 4) is 0 Å². The number of carbonyl (C=O) groups excluding carboxylic acids is 1. The first-order valence-corrected chi connectivity index (χ1v) is 7.69. The van der Waals surface area contributed by atoms with Gasteiger partial charge < -0.3 is 10.6 Å². The molecule has 0 fully saturated rings. The number of para-hydroxylation sites is 1. The van der Waals surface area contributed by atoms with Crippen LogP contribution in [0.4, 0.5) is 11.6 Å². The van der Waals surface area contributed by atoms with Crippen molar-refractivity contribution < 1.29 is 4.79 Å². The van der Waals surface area contributed by atoms with E-state index in [0.29, 0.717) is 18.1 Å². The van der Waals surface area contributed by atoms with E-state index in [2.05, 4.69) is 20.6 Å². The summed E-state index contributed by atoms with van der Waals surface area (Å²) >= 11 is 0. The van der Waals surface area contributed by atoms with Crippen molar-refractivity contribution in [1.82, 2.24) is 15.3 Å². The minimum Gasteiger partial charge on any atom is -0.348 e. The van der Waals surface area contributed by atoms with E-state index in [4.69, 9.17) is 0 Å². The number of rotatable bonds is 5. The predicted molar refractivity (Wildman–Crippen MR) is 94.1 cm³/mol. The van der Waals surface area contributed by atoms with Crippen LogP contribution >= 0.6 is 0 Å². The van der Waals surface area contributed by atoms with Crippen molar-refractivity contribution in [1.29, 1.82) is 0 Å². The Labute approximate surface area is 140 Å². The summed E-state index contributed by atoms with van der Waals surface area (Å²) in [6.07, 6.45) is 3.04. The van der Waals surface area contributed by atoms with E-state index in [1.54, 1.807) is 0 Å². The molecule has 0 aliphatic carbocycles. The van der Waals surface area contributed by atoms with Gasteiger partial charge in [-0.05, 0) is 24.1 Å². The molecule has 3 rings (SSSR count). The molecule has 120 valence electrons. The molecular weight excluding hydrogens is 300 g/mol. The van der Waals surface area contributed by atoms with Gasteiger partial charge in [0, 0.05) is 24.6 Å². The SMILES string of the molecule is Cc1ccccc1Nc1ncc(C(=O)NCc2ccccc2)cn1. The van der Waals surface area contributed by atoms with Crippen molar-refractivity contribution in [2.75, 3.05) is 5.32 Å². The number of nitrogens with one attached hydrogen (secondary N) is 2. The lowest BCUT2D eigenvalue weighted by atomic mass is 10.2. The van der Waals surface area contributed by atoms with Crippen molar-refractivity contribution in [3.63, 3.8) is 0 Å². The maximum absolute atomic E-state index is 12.1. The summed E-state index contributed by atoms with van der Waals surface area (Å²) in [7, 11) is 0. The summed E-state index contributed by atoms with van der Waals surface area (Å²) < 4.78 is 0. The van der Waals surface area contributed by atoms with Gasteiger partial charge in [0.05, 0.1) is 5.56 Å². The number of anilines is 2. The van der Waals surface area contributed by atoms with Crippen LogP contribution in [-0.4, -0.2) is 15.9 Å². The van der Waals surface area contributed by atoms with Crippen LogP contribution < -0.4 is 10.6 Å². The Kier molecular flexibility index (Phi) is 4.81. The van der Waals surface area contributed by atoms with Crippen molar-refractivity contribution in [2.45, 2.75) is 13.5 Å². The number of nitrogens with zero attached hydrogens (tertiary/aromatic N) is 2. The fraction of sp³-hybridized carbons (Fsp3) is 0.105. The lowest BCUT2D eigenvalue weighted by Crippen LogP contribution is -2.23. The van der Waals surface area contributed by atoms with Crippen LogP contribution in [0.2, 0.25) is 0 Å². The van der Waals surface area contributed by atoms with Gasteiger partial charge in [-0.1, -0.05) is 48.5 Å². The largest absolute Gasteiger partial charge is 0.348 e. The number of hydrogen-bond acceptors (Lipinski definition) is 4. The van der Waals surface area contributed by atoms with Gasteiger partial charge >= 0.3 is 0 Å². The summed E-state index contributed by atoms with van der Waals surface area (Å²) in [5.74, 6) is 0.269. The van der Waals surface area contributed by atoms with Gasteiger partial charge in [0.25, 0.3) is 5.91 Å². The third-order valence-electron chi connectivity index (χ3n) is 3.60. The fourth-order valence-electron chi connectivity index (χ4n) is 2.22. The van der Waals surface area contributed by atoms with Gasteiger partial charge in [-0.3, -0.25) is 4.79 Å². The van der Waals surface area contributed by atoms with Crippen molar-refractivity contribution in [3.05, 3.63) is 83.7 Å². The van der Waals surface area contributed by atoms with Crippen LogP contribution in [0.25, 0.3) is 0 Å². The number of benzene rings is 2. The van der Waals surface area contributed by atoms with Gasteiger partial charge in [-0.25, -0.2) is 9.97 Å². The van der Waals surface area contributed by atoms with Crippen molar-refractivity contribution >= 4 is 17.5 Å². The molecule has 3 aromatic rings. The topological polar surface area (TPSA) is 66.9 Å². The summed E-state index contributed by atoms with van der Waals surface area (Å²) in [6, 6.07) is 17.6. The van der Waals surface area contributed by atoms with Gasteiger partial charge in [0.1, 0.15) is 0 Å². The van der Waals surface area contributed by atoms with Gasteiger partial charge in [-0.2, -0.15) is 0 Å². The Hall–Kier alpha value is -3.21. The molecule has 0 saturated carbocycles. The number of carbonyl (C=O) groups is 1. The highest BCUT2D eigenvalue weighted by molar-refractivity contribution is 5.93. The third kappa shape index (κ3) is 3.95. The predicted octanol–water partition coefficient (Wildman–Crippen LogP) is 3.46. The average molecular weight is 318 g/mol. The van der Waals surface area contributed by atoms with E-state index in [0.717, 1.165) is 16.8 Å². The number of aromatic nitrogens is 2. The monoisotopic (exact) mass is 318 g/mol. The lowest BCUT2D eigenvalue weighted by molar-refractivity contribution is 0.0950. The van der Waals surface area contributed by atoms with E-state index in [1.165, 1.54) is 12.4 Å². The Morgan fingerprint density at radius 3 is 2.33 bits per heavy atom. The molecule has 0 aliphatic rings. The molecule has 2 aromatic carbocycles. The summed E-state index contributed by atoms with van der Waals surface area (Å²) in [5, 5.41) is 6.00. The van der Waals surface area contributed by atoms with Gasteiger partial charge in [0.15, 0.2) is 0 Å². The standard InChI is InChI=1S/C19H18N4O/c1-14-7-5-6-10-17(14)23-19-21-12-16(13-22-19)18(24)20-11-15-8-3-2-4-9-15/h2-10,12-13H,11H2,1H3,(H,20,24)(H,21,22,23). The first-order chi connectivity index (χ1) is 11.7. The minimum atomic E-state index is -0.193. The molecule has 24 heavy (non-hydrogen) atoms. The van der Waals surface area contributed by atoms with Crippen LogP contribution in [0.3, 0.4) is 0 Å². The van der Waals surface area contributed by atoms with Crippen LogP contribution in [-0.2, 0) is 6.54 Å². The highest BCUT2D eigenvalue weighted by Gasteiger charge is 2.07. The summed E-state index contributed by atoms with van der Waals surface area (Å²) in [4.78, 5) is 20.5. The number of aryl methyl sites for hydroxylation is 1. The van der Waals surface area contributed by atoms with Crippen molar-refractivity contribution in [2.24, 2.45) is 0 Å². The second kappa shape index (κ2) is 7.37. The maximum Gasteiger partial charge on any atom is 0.254 e. The molecule has 0 unspecified atom stereocenters. The first kappa shape index (κ1) is 15.7. The van der Waals surface area contributed by atoms with Crippen LogP contribution in [0.1, 0.15) is 21.5 Å². The van der Waals surface area contributed by atoms with Gasteiger partial charge in [0.2, 0.25) is 5.95 Å². The Morgan fingerprint density at radius 1 is 0.958 bits per heavy atom. The Balaban J connectivity index is 1.61. The lowest BCUT2D eigenvalue weighted by Gasteiger charge is -2.08.